The van der Waals surface area contributed by atoms with Gasteiger partial charge in [-0.15, -0.1) is 11.3 Å². The molecule has 0 atom stereocenters. The van der Waals surface area contributed by atoms with Crippen LogP contribution in [-0.2, 0) is 12.8 Å². The Balaban J connectivity index is 1.20. The van der Waals surface area contributed by atoms with Crippen LogP contribution in [0.2, 0.25) is 0 Å². The number of thiophene rings is 1. The van der Waals surface area contributed by atoms with Gasteiger partial charge in [-0.3, -0.25) is 0 Å². The van der Waals surface area contributed by atoms with E-state index in [1.165, 1.54) is 126 Å². The van der Waals surface area contributed by atoms with Crippen molar-refractivity contribution in [2.24, 2.45) is 0 Å². The zero-order chi connectivity index (χ0) is 26.8. The van der Waals surface area contributed by atoms with E-state index in [9.17, 15) is 0 Å². The summed E-state index contributed by atoms with van der Waals surface area (Å²) in [5, 5.41) is 0. The Morgan fingerprint density at radius 2 is 1.13 bits per heavy atom. The summed E-state index contributed by atoms with van der Waals surface area (Å²) in [5.41, 5.74) is 5.46. The molecule has 0 unspecified atom stereocenters. The summed E-state index contributed by atoms with van der Waals surface area (Å²) in [6.45, 7) is 3.10. The third-order valence-corrected chi connectivity index (χ3v) is 9.76. The molecule has 0 saturated heterocycles. The zero-order valence-corrected chi connectivity index (χ0v) is 27.3. The predicted molar refractivity (Wildman–Crippen MR) is 175 cm³/mol. The summed E-state index contributed by atoms with van der Waals surface area (Å²) < 4.78 is 8.51. The highest BCUT2D eigenvalue weighted by Crippen LogP contribution is 2.33. The SMILES string of the molecule is CCCCCCCCc1ccc(-c2ccc(OCCCCCCCCCCc3cc(Br)sc3Br)cc2)cc1. The first-order chi connectivity index (χ1) is 18.7. The van der Waals surface area contributed by atoms with E-state index in [1.54, 1.807) is 11.3 Å². The average Bonchev–Trinajstić information content (AvgIpc) is 3.26. The van der Waals surface area contributed by atoms with Crippen LogP contribution in [0.25, 0.3) is 11.1 Å². The van der Waals surface area contributed by atoms with Crippen LogP contribution >= 0.6 is 43.2 Å². The molecule has 1 aromatic heterocycles. The van der Waals surface area contributed by atoms with Gasteiger partial charge in [0, 0.05) is 0 Å². The lowest BCUT2D eigenvalue weighted by molar-refractivity contribution is 0.304. The minimum atomic E-state index is 0.817. The van der Waals surface area contributed by atoms with Gasteiger partial charge in [0.15, 0.2) is 0 Å². The fourth-order valence-electron chi connectivity index (χ4n) is 4.93. The van der Waals surface area contributed by atoms with Gasteiger partial charge in [0.1, 0.15) is 5.75 Å². The summed E-state index contributed by atoms with van der Waals surface area (Å²) in [7, 11) is 0. The molecule has 1 nitrogen and oxygen atoms in total. The van der Waals surface area contributed by atoms with E-state index < -0.39 is 0 Å². The number of benzene rings is 2. The van der Waals surface area contributed by atoms with Gasteiger partial charge in [0.25, 0.3) is 0 Å². The highest BCUT2D eigenvalue weighted by Gasteiger charge is 2.05. The molecular weight excluding hydrogens is 616 g/mol. The summed E-state index contributed by atoms with van der Waals surface area (Å²) in [6.07, 6.45) is 20.9. The smallest absolute Gasteiger partial charge is 0.119 e. The minimum Gasteiger partial charge on any atom is -0.494 e. The van der Waals surface area contributed by atoms with E-state index in [-0.39, 0.29) is 0 Å². The molecule has 0 aliphatic carbocycles. The van der Waals surface area contributed by atoms with Crippen molar-refractivity contribution in [3.63, 3.8) is 0 Å². The molecule has 0 aliphatic rings. The molecule has 0 amide bonds. The third-order valence-electron chi connectivity index (χ3n) is 7.30. The molecule has 0 radical (unpaired) electrons. The van der Waals surface area contributed by atoms with Crippen molar-refractivity contribution in [1.82, 2.24) is 0 Å². The zero-order valence-electron chi connectivity index (χ0n) is 23.3. The van der Waals surface area contributed by atoms with Crippen molar-refractivity contribution in [1.29, 1.82) is 0 Å². The van der Waals surface area contributed by atoms with Gasteiger partial charge in [-0.1, -0.05) is 114 Å². The molecule has 3 rings (SSSR count). The first-order valence-electron chi connectivity index (χ1n) is 14.9. The van der Waals surface area contributed by atoms with Crippen molar-refractivity contribution in [3.8, 4) is 16.9 Å². The number of ether oxygens (including phenoxy) is 1. The molecule has 0 fully saturated rings. The van der Waals surface area contributed by atoms with Crippen molar-refractivity contribution < 1.29 is 4.74 Å². The molecule has 3 aromatic rings. The third kappa shape index (κ3) is 12.4. The van der Waals surface area contributed by atoms with Crippen LogP contribution in [0, 0.1) is 0 Å². The second-order valence-corrected chi connectivity index (χ2v) is 14.3. The van der Waals surface area contributed by atoms with E-state index in [1.807, 2.05) is 0 Å². The van der Waals surface area contributed by atoms with Crippen molar-refractivity contribution in [2.45, 2.75) is 110 Å². The number of aryl methyl sites for hydroxylation is 2. The van der Waals surface area contributed by atoms with Crippen LogP contribution in [0.3, 0.4) is 0 Å². The highest BCUT2D eigenvalue weighted by atomic mass is 79.9. The van der Waals surface area contributed by atoms with Gasteiger partial charge in [0.2, 0.25) is 0 Å². The van der Waals surface area contributed by atoms with Crippen molar-refractivity contribution in [3.05, 3.63) is 73.3 Å². The van der Waals surface area contributed by atoms with Crippen LogP contribution in [0.5, 0.6) is 5.75 Å². The number of rotatable bonds is 20. The number of hydrogen-bond acceptors (Lipinski definition) is 2. The molecule has 0 saturated carbocycles. The van der Waals surface area contributed by atoms with Crippen LogP contribution in [0.4, 0.5) is 0 Å². The lowest BCUT2D eigenvalue weighted by Crippen LogP contribution is -1.97. The standard InChI is InChI=1S/C34H46Br2OS/c1-2-3-4-5-10-13-16-28-18-20-29(21-19-28)30-22-24-32(25-23-30)37-26-15-12-9-7-6-8-11-14-17-31-27-33(35)38-34(31)36/h18-25,27H,2-17,26H2,1H3. The largest absolute Gasteiger partial charge is 0.494 e. The molecule has 0 spiro atoms. The molecule has 0 bridgehead atoms. The molecule has 0 aliphatic heterocycles. The number of hydrogen-bond donors (Lipinski definition) is 0. The van der Waals surface area contributed by atoms with Crippen molar-refractivity contribution >= 4 is 43.2 Å². The fraction of sp³-hybridized carbons (Fsp3) is 0.529. The Labute approximate surface area is 253 Å². The summed E-state index contributed by atoms with van der Waals surface area (Å²) in [5.74, 6) is 0.984. The molecule has 208 valence electrons. The Hall–Kier alpha value is -1.10. The molecule has 38 heavy (non-hydrogen) atoms. The first-order valence-corrected chi connectivity index (χ1v) is 17.3. The molecule has 2 aromatic carbocycles. The maximum atomic E-state index is 6.00. The van der Waals surface area contributed by atoms with Crippen LogP contribution in [0.1, 0.15) is 108 Å². The second kappa shape index (κ2) is 19.1. The Morgan fingerprint density at radius 3 is 1.71 bits per heavy atom. The van der Waals surface area contributed by atoms with E-state index in [2.05, 4.69) is 93.4 Å². The first kappa shape index (κ1) is 31.4. The van der Waals surface area contributed by atoms with E-state index in [4.69, 9.17) is 4.74 Å². The Morgan fingerprint density at radius 1 is 0.605 bits per heavy atom. The maximum absolute atomic E-state index is 6.00. The number of unbranched alkanes of at least 4 members (excludes halogenated alkanes) is 12. The van der Waals surface area contributed by atoms with E-state index in [0.29, 0.717) is 0 Å². The average molecular weight is 663 g/mol. The van der Waals surface area contributed by atoms with Gasteiger partial charge >= 0.3 is 0 Å². The van der Waals surface area contributed by atoms with E-state index in [0.717, 1.165) is 18.8 Å². The Bertz CT molecular complexity index is 1010. The molecule has 0 N–H and O–H groups in total. The van der Waals surface area contributed by atoms with Gasteiger partial charge in [0.05, 0.1) is 14.2 Å². The fourth-order valence-corrected chi connectivity index (χ4v) is 7.84. The van der Waals surface area contributed by atoms with Crippen molar-refractivity contribution in [2.75, 3.05) is 6.61 Å². The second-order valence-electron chi connectivity index (χ2n) is 10.5. The van der Waals surface area contributed by atoms with Crippen LogP contribution in [0.15, 0.2) is 62.2 Å². The normalized spacial score (nSPS) is 11.2. The topological polar surface area (TPSA) is 9.23 Å². The number of halogens is 2. The minimum absolute atomic E-state index is 0.817. The van der Waals surface area contributed by atoms with Gasteiger partial charge in [-0.2, -0.15) is 0 Å². The van der Waals surface area contributed by atoms with Gasteiger partial charge in [-0.05, 0) is 104 Å². The highest BCUT2D eigenvalue weighted by molar-refractivity contribution is 9.12. The predicted octanol–water partition coefficient (Wildman–Crippen LogP) is 12.6. The summed E-state index contributed by atoms with van der Waals surface area (Å²) in [4.78, 5) is 0. The van der Waals surface area contributed by atoms with Crippen LogP contribution < -0.4 is 4.74 Å². The quantitative estimate of drug-likeness (QED) is 0.109. The molecule has 4 heteroatoms. The van der Waals surface area contributed by atoms with Gasteiger partial charge < -0.3 is 4.74 Å². The lowest BCUT2D eigenvalue weighted by Gasteiger charge is -2.08. The van der Waals surface area contributed by atoms with E-state index >= 15 is 0 Å². The lowest BCUT2D eigenvalue weighted by atomic mass is 10.0. The monoisotopic (exact) mass is 660 g/mol. The van der Waals surface area contributed by atoms with Gasteiger partial charge in [-0.25, -0.2) is 0 Å². The molecule has 1 heterocycles. The summed E-state index contributed by atoms with van der Waals surface area (Å²) in [6, 6.07) is 20.0. The Kier molecular flexibility index (Phi) is 15.8. The van der Waals surface area contributed by atoms with Crippen LogP contribution in [-0.4, -0.2) is 6.61 Å². The maximum Gasteiger partial charge on any atom is 0.119 e. The molecular formula is C34H46Br2OS. The summed E-state index contributed by atoms with van der Waals surface area (Å²) >= 11 is 9.01.